The molecule has 0 saturated heterocycles. The molecule has 24 heavy (non-hydrogen) atoms. The van der Waals surface area contributed by atoms with E-state index in [-0.39, 0.29) is 23.6 Å². The highest BCUT2D eigenvalue weighted by molar-refractivity contribution is 6.06. The number of hydrogen-bond donors (Lipinski definition) is 3. The Morgan fingerprint density at radius 1 is 1.21 bits per heavy atom. The number of hydrazone groups is 1. The maximum atomic E-state index is 12.0. The van der Waals surface area contributed by atoms with E-state index in [2.05, 4.69) is 20.8 Å². The van der Waals surface area contributed by atoms with E-state index < -0.39 is 5.91 Å². The number of aromatic nitrogens is 1. The van der Waals surface area contributed by atoms with Crippen molar-refractivity contribution in [3.05, 3.63) is 53.7 Å². The van der Waals surface area contributed by atoms with Gasteiger partial charge < -0.3 is 10.4 Å². The van der Waals surface area contributed by atoms with Gasteiger partial charge in [-0.05, 0) is 37.6 Å². The van der Waals surface area contributed by atoms with Gasteiger partial charge in [-0.2, -0.15) is 5.10 Å². The largest absolute Gasteiger partial charge is 0.507 e. The van der Waals surface area contributed by atoms with Gasteiger partial charge in [0.1, 0.15) is 11.6 Å². The first-order valence-electron chi connectivity index (χ1n) is 7.30. The molecule has 1 aromatic heterocycles. The molecule has 0 aliphatic rings. The van der Waals surface area contributed by atoms with Crippen molar-refractivity contribution in [1.29, 1.82) is 0 Å². The topological polar surface area (TPSA) is 104 Å². The summed E-state index contributed by atoms with van der Waals surface area (Å²) in [5.41, 5.74) is 3.47. The highest BCUT2D eigenvalue weighted by atomic mass is 16.3. The number of anilines is 1. The van der Waals surface area contributed by atoms with Crippen molar-refractivity contribution in [2.75, 3.05) is 5.32 Å². The number of amides is 2. The highest BCUT2D eigenvalue weighted by Crippen LogP contribution is 2.20. The number of benzene rings is 1. The molecule has 2 aromatic rings. The number of aromatic hydroxyl groups is 1. The zero-order valence-electron chi connectivity index (χ0n) is 13.4. The van der Waals surface area contributed by atoms with Crippen LogP contribution >= 0.6 is 0 Å². The summed E-state index contributed by atoms with van der Waals surface area (Å²) in [6, 6.07) is 10.0. The number of carbonyl (C=O) groups is 2. The first-order chi connectivity index (χ1) is 11.5. The van der Waals surface area contributed by atoms with Crippen LogP contribution in [0.15, 0.2) is 47.7 Å². The smallest absolute Gasteiger partial charge is 0.275 e. The van der Waals surface area contributed by atoms with E-state index >= 15 is 0 Å². The number of nitrogens with zero attached hydrogens (tertiary/aromatic N) is 2. The molecule has 1 aromatic carbocycles. The Morgan fingerprint density at radius 3 is 2.71 bits per heavy atom. The van der Waals surface area contributed by atoms with E-state index in [1.807, 2.05) is 0 Å². The third-order valence-electron chi connectivity index (χ3n) is 3.18. The molecule has 0 spiro atoms. The molecule has 124 valence electrons. The Kier molecular flexibility index (Phi) is 5.62. The summed E-state index contributed by atoms with van der Waals surface area (Å²) in [4.78, 5) is 27.9. The number of carbonyl (C=O) groups excluding carboxylic acids is 2. The average molecular weight is 326 g/mol. The predicted octanol–water partition coefficient (Wildman–Crippen LogP) is 2.23. The van der Waals surface area contributed by atoms with Gasteiger partial charge in [0.2, 0.25) is 5.91 Å². The first kappa shape index (κ1) is 17.1. The molecule has 3 N–H and O–H groups in total. The lowest BCUT2D eigenvalue weighted by Gasteiger charge is -2.06. The van der Waals surface area contributed by atoms with Gasteiger partial charge in [-0.1, -0.05) is 18.2 Å². The van der Waals surface area contributed by atoms with Gasteiger partial charge in [-0.15, -0.1) is 0 Å². The fourth-order valence-corrected chi connectivity index (χ4v) is 1.94. The average Bonchev–Trinajstić information content (AvgIpc) is 2.56. The summed E-state index contributed by atoms with van der Waals surface area (Å²) in [7, 11) is 0. The van der Waals surface area contributed by atoms with Gasteiger partial charge in [0.05, 0.1) is 12.0 Å². The normalized spacial score (nSPS) is 11.0. The van der Waals surface area contributed by atoms with Gasteiger partial charge >= 0.3 is 0 Å². The van der Waals surface area contributed by atoms with Gasteiger partial charge in [-0.25, -0.2) is 10.4 Å². The van der Waals surface area contributed by atoms with Crippen LogP contribution in [0.3, 0.4) is 0 Å². The number of phenolic OH excluding ortho intramolecular Hbond substituents is 1. The van der Waals surface area contributed by atoms with Crippen molar-refractivity contribution < 1.29 is 14.7 Å². The summed E-state index contributed by atoms with van der Waals surface area (Å²) in [6.07, 6.45) is 1.59. The van der Waals surface area contributed by atoms with Crippen LogP contribution in [0.1, 0.15) is 29.3 Å². The number of para-hydroxylation sites is 1. The molecule has 0 aliphatic heterocycles. The van der Waals surface area contributed by atoms with Crippen molar-refractivity contribution >= 4 is 23.3 Å². The van der Waals surface area contributed by atoms with E-state index in [1.54, 1.807) is 50.4 Å². The first-order valence-corrected chi connectivity index (χ1v) is 7.30. The molecular formula is C17H18N4O3. The SMILES string of the molecule is CC(CC(=O)Nc1ccccn1)=NNC(=O)c1cccc(C)c1O. The number of rotatable bonds is 5. The van der Waals surface area contributed by atoms with E-state index in [4.69, 9.17) is 0 Å². The maximum absolute atomic E-state index is 12.0. The van der Waals surface area contributed by atoms with Crippen LogP contribution in [0.5, 0.6) is 5.75 Å². The molecule has 0 atom stereocenters. The van der Waals surface area contributed by atoms with Crippen molar-refractivity contribution in [2.24, 2.45) is 5.10 Å². The molecule has 7 heteroatoms. The lowest BCUT2D eigenvalue weighted by molar-refractivity contribution is -0.115. The number of hydrogen-bond acceptors (Lipinski definition) is 5. The zero-order chi connectivity index (χ0) is 17.5. The summed E-state index contributed by atoms with van der Waals surface area (Å²) in [6.45, 7) is 3.32. The van der Waals surface area contributed by atoms with Gasteiger partial charge in [0.25, 0.3) is 5.91 Å². The minimum atomic E-state index is -0.541. The molecule has 0 fully saturated rings. The van der Waals surface area contributed by atoms with E-state index in [1.165, 1.54) is 6.07 Å². The fraction of sp³-hybridized carbons (Fsp3) is 0.176. The summed E-state index contributed by atoms with van der Waals surface area (Å²) < 4.78 is 0. The Labute approximate surface area is 139 Å². The van der Waals surface area contributed by atoms with Crippen LogP contribution in [0.25, 0.3) is 0 Å². The maximum Gasteiger partial charge on any atom is 0.275 e. The van der Waals surface area contributed by atoms with E-state index in [0.29, 0.717) is 17.1 Å². The second kappa shape index (κ2) is 7.87. The molecule has 0 saturated carbocycles. The molecule has 7 nitrogen and oxygen atoms in total. The minimum Gasteiger partial charge on any atom is -0.507 e. The van der Waals surface area contributed by atoms with Crippen LogP contribution in [0.2, 0.25) is 0 Å². The zero-order valence-corrected chi connectivity index (χ0v) is 13.4. The van der Waals surface area contributed by atoms with Crippen molar-refractivity contribution in [3.8, 4) is 5.75 Å². The van der Waals surface area contributed by atoms with Crippen LogP contribution in [0, 0.1) is 6.92 Å². The molecule has 0 radical (unpaired) electrons. The van der Waals surface area contributed by atoms with Gasteiger partial charge in [-0.3, -0.25) is 9.59 Å². The van der Waals surface area contributed by atoms with Crippen LogP contribution in [-0.2, 0) is 4.79 Å². The minimum absolute atomic E-state index is 0.0106. The molecular weight excluding hydrogens is 308 g/mol. The standard InChI is InChI=1S/C17H18N4O3/c1-11-6-5-7-13(16(11)23)17(24)21-20-12(2)10-15(22)19-14-8-3-4-9-18-14/h3-9,23H,10H2,1-2H3,(H,21,24)(H,18,19,22). The fourth-order valence-electron chi connectivity index (χ4n) is 1.94. The summed E-state index contributed by atoms with van der Waals surface area (Å²) in [5.74, 6) is -0.469. The molecule has 2 rings (SSSR count). The molecule has 0 unspecified atom stereocenters. The Morgan fingerprint density at radius 2 is 2.00 bits per heavy atom. The third kappa shape index (κ3) is 4.64. The number of phenols is 1. The van der Waals surface area contributed by atoms with E-state index in [0.717, 1.165) is 0 Å². The number of pyridine rings is 1. The lowest BCUT2D eigenvalue weighted by atomic mass is 10.1. The third-order valence-corrected chi connectivity index (χ3v) is 3.18. The number of nitrogens with one attached hydrogen (secondary N) is 2. The van der Waals surface area contributed by atoms with Gasteiger partial charge in [0, 0.05) is 11.9 Å². The van der Waals surface area contributed by atoms with Crippen molar-refractivity contribution in [2.45, 2.75) is 20.3 Å². The van der Waals surface area contributed by atoms with Crippen LogP contribution in [-0.4, -0.2) is 27.6 Å². The highest BCUT2D eigenvalue weighted by Gasteiger charge is 2.12. The Balaban J connectivity index is 1.92. The van der Waals surface area contributed by atoms with E-state index in [9.17, 15) is 14.7 Å². The Bertz CT molecular complexity index is 773. The second-order valence-corrected chi connectivity index (χ2v) is 5.20. The van der Waals surface area contributed by atoms with Crippen LogP contribution < -0.4 is 10.7 Å². The van der Waals surface area contributed by atoms with Crippen molar-refractivity contribution in [1.82, 2.24) is 10.4 Å². The van der Waals surface area contributed by atoms with Crippen LogP contribution in [0.4, 0.5) is 5.82 Å². The molecule has 0 bridgehead atoms. The summed E-state index contributed by atoms with van der Waals surface area (Å²) >= 11 is 0. The molecule has 2 amide bonds. The predicted molar refractivity (Wildman–Crippen MR) is 90.9 cm³/mol. The number of aryl methyl sites for hydroxylation is 1. The Hall–Kier alpha value is -3.22. The quantitative estimate of drug-likeness (QED) is 0.579. The second-order valence-electron chi connectivity index (χ2n) is 5.20. The monoisotopic (exact) mass is 326 g/mol. The van der Waals surface area contributed by atoms with Gasteiger partial charge in [0.15, 0.2) is 0 Å². The molecule has 0 aliphatic carbocycles. The molecule has 1 heterocycles. The lowest BCUT2D eigenvalue weighted by Crippen LogP contribution is -2.21. The summed E-state index contributed by atoms with van der Waals surface area (Å²) in [5, 5.41) is 16.4. The van der Waals surface area contributed by atoms with Crippen molar-refractivity contribution in [3.63, 3.8) is 0 Å².